The third kappa shape index (κ3) is 2.06. The third-order valence-electron chi connectivity index (χ3n) is 2.39. The lowest BCUT2D eigenvalue weighted by molar-refractivity contribution is 0.173. The minimum absolute atomic E-state index is 0.111. The Balaban J connectivity index is 2.57. The van der Waals surface area contributed by atoms with Gasteiger partial charge in [-0.15, -0.1) is 0 Å². The minimum Gasteiger partial charge on any atom is -0.427 e. The largest absolute Gasteiger partial charge is 0.427 e. The van der Waals surface area contributed by atoms with Crippen molar-refractivity contribution >= 4 is 10.8 Å². The SMILES string of the molecule is OCCCN=c1c2ccccc2ccn1O. The van der Waals surface area contributed by atoms with Crippen LogP contribution >= 0.6 is 0 Å². The Morgan fingerprint density at radius 2 is 2.00 bits per heavy atom. The van der Waals surface area contributed by atoms with Crippen molar-refractivity contribution in [3.05, 3.63) is 42.0 Å². The second kappa shape index (κ2) is 4.81. The van der Waals surface area contributed by atoms with Crippen LogP contribution in [0.3, 0.4) is 0 Å². The average Bonchev–Trinajstić information content (AvgIpc) is 2.32. The number of aromatic nitrogens is 1. The maximum absolute atomic E-state index is 9.67. The van der Waals surface area contributed by atoms with Crippen molar-refractivity contribution in [2.75, 3.05) is 13.2 Å². The van der Waals surface area contributed by atoms with Crippen LogP contribution < -0.4 is 5.49 Å². The number of hydrogen-bond donors (Lipinski definition) is 2. The summed E-state index contributed by atoms with van der Waals surface area (Å²) < 4.78 is 1.01. The van der Waals surface area contributed by atoms with E-state index in [9.17, 15) is 5.21 Å². The lowest BCUT2D eigenvalue weighted by Gasteiger charge is -2.03. The summed E-state index contributed by atoms with van der Waals surface area (Å²) in [5.74, 6) is 0. The van der Waals surface area contributed by atoms with Gasteiger partial charge in [0.05, 0.1) is 0 Å². The Kier molecular flexibility index (Phi) is 3.22. The Morgan fingerprint density at radius 3 is 2.81 bits per heavy atom. The van der Waals surface area contributed by atoms with Crippen LogP contribution in [-0.4, -0.2) is 28.2 Å². The Labute approximate surface area is 93.1 Å². The lowest BCUT2D eigenvalue weighted by Crippen LogP contribution is -2.19. The fraction of sp³-hybridized carbons (Fsp3) is 0.250. The zero-order valence-electron chi connectivity index (χ0n) is 8.87. The van der Waals surface area contributed by atoms with E-state index in [1.54, 1.807) is 6.20 Å². The molecule has 0 spiro atoms. The molecule has 2 aromatic rings. The summed E-state index contributed by atoms with van der Waals surface area (Å²) >= 11 is 0. The summed E-state index contributed by atoms with van der Waals surface area (Å²) in [5.41, 5.74) is 0.534. The van der Waals surface area contributed by atoms with Gasteiger partial charge < -0.3 is 10.3 Å². The van der Waals surface area contributed by atoms with E-state index in [1.807, 2.05) is 30.3 Å². The molecule has 0 saturated carbocycles. The van der Waals surface area contributed by atoms with Crippen LogP contribution in [0.25, 0.3) is 10.8 Å². The molecule has 0 unspecified atom stereocenters. The van der Waals surface area contributed by atoms with Gasteiger partial charge in [0.25, 0.3) is 0 Å². The molecule has 2 N–H and O–H groups in total. The highest BCUT2D eigenvalue weighted by molar-refractivity contribution is 5.80. The van der Waals surface area contributed by atoms with E-state index in [-0.39, 0.29) is 6.61 Å². The minimum atomic E-state index is 0.111. The topological polar surface area (TPSA) is 57.8 Å². The lowest BCUT2D eigenvalue weighted by atomic mass is 10.2. The molecule has 0 aliphatic heterocycles. The van der Waals surface area contributed by atoms with Crippen LogP contribution in [-0.2, 0) is 0 Å². The van der Waals surface area contributed by atoms with Gasteiger partial charge in [-0.25, -0.2) is 0 Å². The molecule has 2 rings (SSSR count). The molecule has 16 heavy (non-hydrogen) atoms. The van der Waals surface area contributed by atoms with E-state index in [1.165, 1.54) is 0 Å². The van der Waals surface area contributed by atoms with E-state index in [0.717, 1.165) is 15.5 Å². The van der Waals surface area contributed by atoms with E-state index in [2.05, 4.69) is 4.99 Å². The van der Waals surface area contributed by atoms with Crippen LogP contribution in [0.2, 0.25) is 0 Å². The first-order valence-corrected chi connectivity index (χ1v) is 5.24. The van der Waals surface area contributed by atoms with Gasteiger partial charge in [-0.05, 0) is 17.9 Å². The van der Waals surface area contributed by atoms with E-state index >= 15 is 0 Å². The molecule has 4 nitrogen and oxygen atoms in total. The molecule has 1 heterocycles. The van der Waals surface area contributed by atoms with E-state index in [0.29, 0.717) is 18.5 Å². The summed E-state index contributed by atoms with van der Waals surface area (Å²) in [6.07, 6.45) is 2.17. The predicted molar refractivity (Wildman–Crippen MR) is 61.3 cm³/mol. The third-order valence-corrected chi connectivity index (χ3v) is 2.39. The zero-order valence-corrected chi connectivity index (χ0v) is 8.87. The molecule has 0 saturated heterocycles. The highest BCUT2D eigenvalue weighted by Crippen LogP contribution is 2.07. The van der Waals surface area contributed by atoms with Crippen molar-refractivity contribution in [3.8, 4) is 0 Å². The van der Waals surface area contributed by atoms with Gasteiger partial charge in [-0.3, -0.25) is 4.99 Å². The fourth-order valence-corrected chi connectivity index (χ4v) is 1.60. The van der Waals surface area contributed by atoms with Gasteiger partial charge in [0, 0.05) is 24.7 Å². The fourth-order valence-electron chi connectivity index (χ4n) is 1.60. The quantitative estimate of drug-likeness (QED) is 0.600. The normalized spacial score (nSPS) is 12.2. The maximum atomic E-state index is 9.67. The van der Waals surface area contributed by atoms with Crippen molar-refractivity contribution in [1.29, 1.82) is 0 Å². The summed E-state index contributed by atoms with van der Waals surface area (Å²) in [7, 11) is 0. The van der Waals surface area contributed by atoms with E-state index in [4.69, 9.17) is 5.11 Å². The molecule has 0 radical (unpaired) electrons. The standard InChI is InChI=1S/C12H14N2O2/c15-9-3-7-13-12-11-5-2-1-4-10(11)6-8-14(12)16/h1-2,4-6,8,15-16H,3,7,9H2. The molecular formula is C12H14N2O2. The molecule has 0 aliphatic rings. The Bertz CT molecular complexity index is 546. The molecule has 4 heteroatoms. The number of pyridine rings is 1. The van der Waals surface area contributed by atoms with Crippen LogP contribution in [0.4, 0.5) is 0 Å². The van der Waals surface area contributed by atoms with Crippen LogP contribution in [0.1, 0.15) is 6.42 Å². The van der Waals surface area contributed by atoms with E-state index < -0.39 is 0 Å². The van der Waals surface area contributed by atoms with Gasteiger partial charge >= 0.3 is 0 Å². The maximum Gasteiger partial charge on any atom is 0.171 e. The number of hydrogen-bond acceptors (Lipinski definition) is 3. The van der Waals surface area contributed by atoms with Crippen molar-refractivity contribution in [3.63, 3.8) is 0 Å². The Hall–Kier alpha value is -1.81. The van der Waals surface area contributed by atoms with Crippen molar-refractivity contribution in [1.82, 2.24) is 4.73 Å². The highest BCUT2D eigenvalue weighted by Gasteiger charge is 1.98. The summed E-state index contributed by atoms with van der Waals surface area (Å²) in [5, 5.41) is 20.3. The van der Waals surface area contributed by atoms with Crippen molar-refractivity contribution in [2.24, 2.45) is 4.99 Å². The molecule has 1 aromatic heterocycles. The van der Waals surface area contributed by atoms with Crippen LogP contribution in [0.15, 0.2) is 41.5 Å². The van der Waals surface area contributed by atoms with Gasteiger partial charge in [0.1, 0.15) is 0 Å². The molecule has 0 fully saturated rings. The van der Waals surface area contributed by atoms with Crippen LogP contribution in [0.5, 0.6) is 0 Å². The summed E-state index contributed by atoms with van der Waals surface area (Å²) in [6, 6.07) is 9.58. The average molecular weight is 218 g/mol. The van der Waals surface area contributed by atoms with Gasteiger partial charge in [-0.1, -0.05) is 24.3 Å². The smallest absolute Gasteiger partial charge is 0.171 e. The second-order valence-electron chi connectivity index (χ2n) is 3.53. The summed E-state index contributed by atoms with van der Waals surface area (Å²) in [4.78, 5) is 4.28. The zero-order chi connectivity index (χ0) is 11.4. The second-order valence-corrected chi connectivity index (χ2v) is 3.53. The summed E-state index contributed by atoms with van der Waals surface area (Å²) in [6.45, 7) is 0.616. The number of benzene rings is 1. The Morgan fingerprint density at radius 1 is 1.19 bits per heavy atom. The molecule has 1 aromatic carbocycles. The number of fused-ring (bicyclic) bond motifs is 1. The van der Waals surface area contributed by atoms with Gasteiger partial charge in [-0.2, -0.15) is 4.73 Å². The molecule has 0 aliphatic carbocycles. The number of aliphatic hydroxyl groups is 1. The number of rotatable bonds is 3. The molecule has 0 amide bonds. The monoisotopic (exact) mass is 218 g/mol. The number of aliphatic hydroxyl groups excluding tert-OH is 1. The molecule has 0 atom stereocenters. The van der Waals surface area contributed by atoms with Crippen LogP contribution in [0, 0.1) is 0 Å². The van der Waals surface area contributed by atoms with Gasteiger partial charge in [0.2, 0.25) is 0 Å². The first kappa shape index (κ1) is 10.7. The molecule has 0 bridgehead atoms. The first-order valence-electron chi connectivity index (χ1n) is 5.24. The predicted octanol–water partition coefficient (Wildman–Crippen LogP) is 1.16. The molecular weight excluding hydrogens is 204 g/mol. The highest BCUT2D eigenvalue weighted by atomic mass is 16.5. The first-order chi connectivity index (χ1) is 7.83. The molecule has 84 valence electrons. The van der Waals surface area contributed by atoms with Crippen molar-refractivity contribution < 1.29 is 10.3 Å². The van der Waals surface area contributed by atoms with Crippen molar-refractivity contribution in [2.45, 2.75) is 6.42 Å². The number of nitrogens with zero attached hydrogens (tertiary/aromatic N) is 2. The van der Waals surface area contributed by atoms with Gasteiger partial charge in [0.15, 0.2) is 5.49 Å².